The molecule has 1 heterocycles. The van der Waals surface area contributed by atoms with Crippen molar-refractivity contribution in [1.29, 1.82) is 0 Å². The number of nitrogens with one attached hydrogen (secondary N) is 2. The van der Waals surface area contributed by atoms with Gasteiger partial charge in [0, 0.05) is 33.8 Å². The molecule has 2 N–H and O–H groups in total. The van der Waals surface area contributed by atoms with E-state index in [4.69, 9.17) is 4.52 Å². The van der Waals surface area contributed by atoms with Gasteiger partial charge in [-0.15, -0.1) is 24.0 Å². The smallest absolute Gasteiger partial charge is 0.227 e. The Balaban J connectivity index is 0.00000400. The van der Waals surface area contributed by atoms with Crippen molar-refractivity contribution in [1.82, 2.24) is 20.7 Å². The van der Waals surface area contributed by atoms with E-state index in [2.05, 4.69) is 20.8 Å². The number of carbonyl (C=O) groups is 1. The molecule has 0 aliphatic carbocycles. The molecule has 0 aliphatic rings. The summed E-state index contributed by atoms with van der Waals surface area (Å²) >= 11 is 0. The first kappa shape index (κ1) is 19.7. The second kappa shape index (κ2) is 8.85. The van der Waals surface area contributed by atoms with E-state index in [1.54, 1.807) is 20.2 Å². The van der Waals surface area contributed by atoms with E-state index < -0.39 is 5.41 Å². The highest BCUT2D eigenvalue weighted by atomic mass is 127. The van der Waals surface area contributed by atoms with Gasteiger partial charge in [0.2, 0.25) is 5.91 Å². The first-order valence-electron chi connectivity index (χ1n) is 6.44. The third kappa shape index (κ3) is 5.90. The lowest BCUT2D eigenvalue weighted by Crippen LogP contribution is -2.47. The Bertz CT molecular complexity index is 459. The van der Waals surface area contributed by atoms with E-state index >= 15 is 0 Å². The molecule has 21 heavy (non-hydrogen) atoms. The fraction of sp³-hybridized carbons (Fsp3) is 0.615. The molecular formula is C13H24IN5O2. The zero-order chi connectivity index (χ0) is 15.2. The molecule has 0 spiro atoms. The summed E-state index contributed by atoms with van der Waals surface area (Å²) in [6.45, 7) is 4.83. The van der Waals surface area contributed by atoms with Gasteiger partial charge in [-0.25, -0.2) is 0 Å². The van der Waals surface area contributed by atoms with Crippen LogP contribution < -0.4 is 10.6 Å². The molecule has 7 nitrogen and oxygen atoms in total. The van der Waals surface area contributed by atoms with Crippen molar-refractivity contribution in [2.75, 3.05) is 27.7 Å². The van der Waals surface area contributed by atoms with E-state index in [0.717, 1.165) is 5.69 Å². The van der Waals surface area contributed by atoms with Crippen LogP contribution in [0.25, 0.3) is 0 Å². The lowest BCUT2D eigenvalue weighted by Gasteiger charge is -2.27. The highest BCUT2D eigenvalue weighted by molar-refractivity contribution is 14.0. The molecule has 8 heteroatoms. The fourth-order valence-corrected chi connectivity index (χ4v) is 1.74. The topological polar surface area (TPSA) is 82.8 Å². The number of guanidine groups is 1. The summed E-state index contributed by atoms with van der Waals surface area (Å²) in [7, 11) is 5.24. The Kier molecular flexibility index (Phi) is 8.30. The van der Waals surface area contributed by atoms with Crippen molar-refractivity contribution in [3.8, 4) is 0 Å². The number of hydrogen-bond acceptors (Lipinski definition) is 4. The van der Waals surface area contributed by atoms with Crippen LogP contribution in [-0.2, 0) is 11.3 Å². The average molecular weight is 409 g/mol. The molecule has 0 bridgehead atoms. The first-order chi connectivity index (χ1) is 9.40. The Morgan fingerprint density at radius 1 is 1.52 bits per heavy atom. The van der Waals surface area contributed by atoms with Gasteiger partial charge in [0.1, 0.15) is 12.0 Å². The van der Waals surface area contributed by atoms with Gasteiger partial charge in [0.25, 0.3) is 0 Å². The van der Waals surface area contributed by atoms with Gasteiger partial charge in [-0.2, -0.15) is 0 Å². The number of aliphatic imine (C=N–C) groups is 1. The van der Waals surface area contributed by atoms with Crippen molar-refractivity contribution in [2.45, 2.75) is 20.4 Å². The lowest BCUT2D eigenvalue weighted by atomic mass is 9.92. The molecule has 0 aliphatic heterocycles. The second-order valence-electron chi connectivity index (χ2n) is 5.21. The molecular weight excluding hydrogens is 385 g/mol. The summed E-state index contributed by atoms with van der Waals surface area (Å²) in [6, 6.07) is 1.80. The molecule has 0 saturated heterocycles. The molecule has 1 amide bonds. The minimum absolute atomic E-state index is 0. The van der Waals surface area contributed by atoms with Crippen LogP contribution in [0, 0.1) is 5.41 Å². The summed E-state index contributed by atoms with van der Waals surface area (Å²) in [5.41, 5.74) is 0.306. The number of amides is 1. The van der Waals surface area contributed by atoms with Crippen LogP contribution in [0.15, 0.2) is 21.8 Å². The van der Waals surface area contributed by atoms with Gasteiger partial charge >= 0.3 is 0 Å². The number of nitrogens with zero attached hydrogens (tertiary/aromatic N) is 3. The van der Waals surface area contributed by atoms with Gasteiger partial charge in [-0.1, -0.05) is 5.16 Å². The SMILES string of the molecule is CN=C(NCC(C)(C)C(=O)NC)N(C)Cc1ccon1.I. The van der Waals surface area contributed by atoms with Crippen LogP contribution in [0.2, 0.25) is 0 Å². The van der Waals surface area contributed by atoms with Crippen LogP contribution in [0.1, 0.15) is 19.5 Å². The quantitative estimate of drug-likeness (QED) is 0.432. The maximum atomic E-state index is 11.7. The van der Waals surface area contributed by atoms with Gasteiger partial charge in [0.15, 0.2) is 5.96 Å². The summed E-state index contributed by atoms with van der Waals surface area (Å²) in [5, 5.41) is 9.71. The summed E-state index contributed by atoms with van der Waals surface area (Å²) < 4.78 is 4.80. The third-order valence-electron chi connectivity index (χ3n) is 2.99. The fourth-order valence-electron chi connectivity index (χ4n) is 1.74. The molecule has 0 fully saturated rings. The predicted molar refractivity (Wildman–Crippen MR) is 92.6 cm³/mol. The third-order valence-corrected chi connectivity index (χ3v) is 2.99. The molecule has 1 rings (SSSR count). The zero-order valence-corrected chi connectivity index (χ0v) is 15.5. The number of aromatic nitrogens is 1. The van der Waals surface area contributed by atoms with Crippen LogP contribution in [-0.4, -0.2) is 49.6 Å². The molecule has 0 aromatic carbocycles. The Morgan fingerprint density at radius 3 is 2.67 bits per heavy atom. The van der Waals surface area contributed by atoms with Crippen LogP contribution >= 0.6 is 24.0 Å². The normalized spacial score (nSPS) is 11.6. The Labute approximate surface area is 142 Å². The molecule has 0 saturated carbocycles. The first-order valence-corrected chi connectivity index (χ1v) is 6.44. The standard InChI is InChI=1S/C13H23N5O2.HI/c1-13(2,11(19)14-3)9-16-12(15-4)18(5)8-10-6-7-20-17-10;/h6-7H,8-9H2,1-5H3,(H,14,19)(H,15,16);1H. The minimum atomic E-state index is -0.514. The largest absolute Gasteiger partial charge is 0.364 e. The highest BCUT2D eigenvalue weighted by Gasteiger charge is 2.27. The molecule has 1 aromatic rings. The lowest BCUT2D eigenvalue weighted by molar-refractivity contribution is -0.128. The molecule has 1 aromatic heterocycles. The second-order valence-corrected chi connectivity index (χ2v) is 5.21. The predicted octanol–water partition coefficient (Wildman–Crippen LogP) is 1.07. The van der Waals surface area contributed by atoms with Crippen LogP contribution in [0.4, 0.5) is 0 Å². The van der Waals surface area contributed by atoms with Gasteiger partial charge < -0.3 is 20.1 Å². The van der Waals surface area contributed by atoms with Crippen molar-refractivity contribution in [3.63, 3.8) is 0 Å². The average Bonchev–Trinajstić information content (AvgIpc) is 2.91. The molecule has 120 valence electrons. The van der Waals surface area contributed by atoms with Crippen molar-refractivity contribution >= 4 is 35.8 Å². The highest BCUT2D eigenvalue weighted by Crippen LogP contribution is 2.13. The van der Waals surface area contributed by atoms with E-state index in [9.17, 15) is 4.79 Å². The molecule has 0 atom stereocenters. The number of hydrogen-bond donors (Lipinski definition) is 2. The van der Waals surface area contributed by atoms with Crippen molar-refractivity contribution in [3.05, 3.63) is 18.0 Å². The summed E-state index contributed by atoms with van der Waals surface area (Å²) in [6.07, 6.45) is 1.54. The van der Waals surface area contributed by atoms with Gasteiger partial charge in [-0.3, -0.25) is 9.79 Å². The molecule has 0 unspecified atom stereocenters. The van der Waals surface area contributed by atoms with E-state index in [1.165, 1.54) is 6.26 Å². The van der Waals surface area contributed by atoms with Gasteiger partial charge in [-0.05, 0) is 13.8 Å². The van der Waals surface area contributed by atoms with Crippen molar-refractivity contribution < 1.29 is 9.32 Å². The Morgan fingerprint density at radius 2 is 2.19 bits per heavy atom. The minimum Gasteiger partial charge on any atom is -0.364 e. The number of halogens is 1. The summed E-state index contributed by atoms with van der Waals surface area (Å²) in [5.74, 6) is 0.685. The maximum absolute atomic E-state index is 11.7. The van der Waals surface area contributed by atoms with Gasteiger partial charge in [0.05, 0.1) is 12.0 Å². The zero-order valence-electron chi connectivity index (χ0n) is 13.1. The van der Waals surface area contributed by atoms with Crippen LogP contribution in [0.3, 0.4) is 0 Å². The summed E-state index contributed by atoms with van der Waals surface area (Å²) in [4.78, 5) is 17.8. The van der Waals surface area contributed by atoms with E-state index in [-0.39, 0.29) is 29.9 Å². The maximum Gasteiger partial charge on any atom is 0.227 e. The van der Waals surface area contributed by atoms with Crippen LogP contribution in [0.5, 0.6) is 0 Å². The van der Waals surface area contributed by atoms with Crippen molar-refractivity contribution in [2.24, 2.45) is 10.4 Å². The number of carbonyl (C=O) groups excluding carboxylic acids is 1. The number of rotatable bonds is 5. The monoisotopic (exact) mass is 409 g/mol. The Hall–Kier alpha value is -1.32. The van der Waals surface area contributed by atoms with E-state index in [0.29, 0.717) is 19.0 Å². The van der Waals surface area contributed by atoms with E-state index in [1.807, 2.05) is 25.8 Å². The molecule has 0 radical (unpaired) electrons.